The number of benzene rings is 2. The van der Waals surface area contributed by atoms with Crippen LogP contribution in [0.2, 0.25) is 0 Å². The summed E-state index contributed by atoms with van der Waals surface area (Å²) in [6, 6.07) is 15.5. The van der Waals surface area contributed by atoms with Crippen molar-refractivity contribution in [1.82, 2.24) is 10.2 Å². The monoisotopic (exact) mass is 461 g/mol. The second-order valence-corrected chi connectivity index (χ2v) is 9.34. The number of nitrogens with one attached hydrogen (secondary N) is 1. The summed E-state index contributed by atoms with van der Waals surface area (Å²) in [5.74, 6) is 0.149. The van der Waals surface area contributed by atoms with Crippen LogP contribution in [0.1, 0.15) is 25.3 Å². The van der Waals surface area contributed by atoms with Crippen molar-refractivity contribution in [1.29, 1.82) is 0 Å². The largest absolute Gasteiger partial charge is 0.497 e. The predicted octanol–water partition coefficient (Wildman–Crippen LogP) is 2.40. The summed E-state index contributed by atoms with van der Waals surface area (Å²) in [5, 5.41) is 2.58. The van der Waals surface area contributed by atoms with Crippen LogP contribution in [-0.4, -0.2) is 58.1 Å². The van der Waals surface area contributed by atoms with Crippen LogP contribution in [0.3, 0.4) is 0 Å². The fraction of sp³-hybridized carbons (Fsp3) is 0.391. The van der Waals surface area contributed by atoms with E-state index < -0.39 is 16.1 Å². The molecular weight excluding hydrogens is 430 g/mol. The van der Waals surface area contributed by atoms with Crippen molar-refractivity contribution in [2.45, 2.75) is 32.4 Å². The van der Waals surface area contributed by atoms with Gasteiger partial charge in [-0.05, 0) is 43.2 Å². The Morgan fingerprint density at radius 2 is 1.69 bits per heavy atom. The Balaban J connectivity index is 2.11. The highest BCUT2D eigenvalue weighted by Crippen LogP contribution is 2.22. The molecular formula is C23H31N3O5S. The molecule has 0 aliphatic heterocycles. The van der Waals surface area contributed by atoms with Gasteiger partial charge in [0.25, 0.3) is 0 Å². The molecule has 0 aliphatic rings. The molecule has 1 N–H and O–H groups in total. The van der Waals surface area contributed by atoms with Gasteiger partial charge < -0.3 is 15.0 Å². The molecule has 0 unspecified atom stereocenters. The van der Waals surface area contributed by atoms with E-state index in [1.807, 2.05) is 30.3 Å². The molecule has 2 amide bonds. The summed E-state index contributed by atoms with van der Waals surface area (Å²) in [4.78, 5) is 26.7. The summed E-state index contributed by atoms with van der Waals surface area (Å²) in [7, 11) is -0.466. The van der Waals surface area contributed by atoms with Crippen LogP contribution in [0.15, 0.2) is 54.6 Å². The van der Waals surface area contributed by atoms with Gasteiger partial charge in [-0.25, -0.2) is 8.42 Å². The fourth-order valence-corrected chi connectivity index (χ4v) is 4.29. The third kappa shape index (κ3) is 6.98. The Labute approximate surface area is 190 Å². The minimum absolute atomic E-state index is 0.107. The Morgan fingerprint density at radius 1 is 1.06 bits per heavy atom. The minimum atomic E-state index is -3.53. The summed E-state index contributed by atoms with van der Waals surface area (Å²) in [5.41, 5.74) is 1.41. The lowest BCUT2D eigenvalue weighted by Gasteiger charge is -2.29. The number of rotatable bonds is 11. The lowest BCUT2D eigenvalue weighted by atomic mass is 10.1. The molecule has 32 heavy (non-hydrogen) atoms. The topological polar surface area (TPSA) is 96.0 Å². The number of ether oxygens (including phenoxy) is 1. The molecule has 9 heteroatoms. The Morgan fingerprint density at radius 3 is 2.22 bits per heavy atom. The first-order chi connectivity index (χ1) is 15.2. The highest BCUT2D eigenvalue weighted by atomic mass is 32.2. The van der Waals surface area contributed by atoms with Crippen LogP contribution >= 0.6 is 0 Å². The molecule has 0 saturated carbocycles. The molecule has 8 nitrogen and oxygen atoms in total. The third-order valence-electron chi connectivity index (χ3n) is 5.12. The summed E-state index contributed by atoms with van der Waals surface area (Å²) in [6.45, 7) is 2.12. The maximum absolute atomic E-state index is 13.0. The molecule has 2 aromatic carbocycles. The number of amides is 2. The second kappa shape index (κ2) is 11.5. The molecule has 0 bridgehead atoms. The smallest absolute Gasteiger partial charge is 0.242 e. The van der Waals surface area contributed by atoms with Crippen LogP contribution in [0.5, 0.6) is 5.75 Å². The van der Waals surface area contributed by atoms with E-state index in [0.717, 1.165) is 11.8 Å². The number of likely N-dealkylation sites (N-methyl/N-ethyl adjacent to an activating group) is 1. The zero-order valence-corrected chi connectivity index (χ0v) is 19.8. The third-order valence-corrected chi connectivity index (χ3v) is 6.32. The van der Waals surface area contributed by atoms with E-state index >= 15 is 0 Å². The number of hydrogen-bond donors (Lipinski definition) is 1. The van der Waals surface area contributed by atoms with E-state index in [4.69, 9.17) is 4.74 Å². The zero-order chi connectivity index (χ0) is 23.7. The van der Waals surface area contributed by atoms with Gasteiger partial charge in [-0.1, -0.05) is 30.3 Å². The first kappa shape index (κ1) is 25.2. The molecule has 0 fully saturated rings. The number of hydrogen-bond acceptors (Lipinski definition) is 5. The van der Waals surface area contributed by atoms with E-state index in [1.165, 1.54) is 23.4 Å². The Kier molecular flexibility index (Phi) is 9.07. The lowest BCUT2D eigenvalue weighted by Crippen LogP contribution is -2.46. The Bertz CT molecular complexity index is 994. The van der Waals surface area contributed by atoms with Gasteiger partial charge in [-0.15, -0.1) is 0 Å². The quantitative estimate of drug-likeness (QED) is 0.554. The van der Waals surface area contributed by atoms with Crippen LogP contribution in [0.4, 0.5) is 5.69 Å². The molecule has 0 radical (unpaired) electrons. The molecule has 1 atom stereocenters. The van der Waals surface area contributed by atoms with Crippen molar-refractivity contribution in [3.63, 3.8) is 0 Å². The van der Waals surface area contributed by atoms with Crippen LogP contribution in [0, 0.1) is 0 Å². The summed E-state index contributed by atoms with van der Waals surface area (Å²) in [6.07, 6.45) is 1.55. The van der Waals surface area contributed by atoms with Gasteiger partial charge in [-0.2, -0.15) is 0 Å². The first-order valence-electron chi connectivity index (χ1n) is 10.3. The highest BCUT2D eigenvalue weighted by Gasteiger charge is 2.26. The van der Waals surface area contributed by atoms with Gasteiger partial charge in [-0.3, -0.25) is 13.9 Å². The maximum atomic E-state index is 13.0. The van der Waals surface area contributed by atoms with Crippen molar-refractivity contribution in [2.24, 2.45) is 0 Å². The average Bonchev–Trinajstić information content (AvgIpc) is 2.79. The predicted molar refractivity (Wildman–Crippen MR) is 125 cm³/mol. The normalized spacial score (nSPS) is 12.0. The lowest BCUT2D eigenvalue weighted by molar-refractivity contribution is -0.140. The van der Waals surface area contributed by atoms with E-state index in [2.05, 4.69) is 5.32 Å². The van der Waals surface area contributed by atoms with Gasteiger partial charge in [0, 0.05) is 26.6 Å². The van der Waals surface area contributed by atoms with E-state index in [1.54, 1.807) is 31.2 Å². The highest BCUT2D eigenvalue weighted by molar-refractivity contribution is 7.92. The molecule has 0 heterocycles. The van der Waals surface area contributed by atoms with Gasteiger partial charge in [0.15, 0.2) is 0 Å². The van der Waals surface area contributed by atoms with Crippen molar-refractivity contribution in [2.75, 3.05) is 31.3 Å². The summed E-state index contributed by atoms with van der Waals surface area (Å²) >= 11 is 0. The number of nitrogens with zero attached hydrogens (tertiary/aromatic N) is 2. The first-order valence-corrected chi connectivity index (χ1v) is 12.2. The average molecular weight is 462 g/mol. The van der Waals surface area contributed by atoms with Gasteiger partial charge in [0.2, 0.25) is 21.8 Å². The maximum Gasteiger partial charge on any atom is 0.242 e. The van der Waals surface area contributed by atoms with Crippen LogP contribution in [0.25, 0.3) is 0 Å². The van der Waals surface area contributed by atoms with Crippen LogP contribution < -0.4 is 14.4 Å². The molecule has 0 saturated heterocycles. The molecule has 0 aliphatic carbocycles. The number of methoxy groups -OCH3 is 1. The van der Waals surface area contributed by atoms with E-state index in [0.29, 0.717) is 24.4 Å². The van der Waals surface area contributed by atoms with Crippen molar-refractivity contribution >= 4 is 27.5 Å². The fourth-order valence-electron chi connectivity index (χ4n) is 3.32. The second-order valence-electron chi connectivity index (χ2n) is 7.43. The number of carbonyl (C=O) groups is 2. The molecule has 2 rings (SSSR count). The van der Waals surface area contributed by atoms with Gasteiger partial charge in [0.1, 0.15) is 11.8 Å². The standard InChI is InChI=1S/C23H31N3O5S/c1-18(23(28)24-2)25(17-19-9-6-5-7-10-19)22(27)11-8-16-26(32(4,29)30)20-12-14-21(31-3)15-13-20/h5-7,9-10,12-15,18H,8,11,16-17H2,1-4H3,(H,24,28)/t18-/m0/s1. The SMILES string of the molecule is CNC(=O)[C@H](C)N(Cc1ccccc1)C(=O)CCCN(c1ccc(OC)cc1)S(C)(=O)=O. The van der Waals surface area contributed by atoms with Gasteiger partial charge in [0.05, 0.1) is 19.1 Å². The molecule has 174 valence electrons. The van der Waals surface area contributed by atoms with Crippen molar-refractivity contribution < 1.29 is 22.7 Å². The molecule has 0 aromatic heterocycles. The summed E-state index contributed by atoms with van der Waals surface area (Å²) < 4.78 is 31.0. The number of anilines is 1. The molecule has 2 aromatic rings. The molecule has 0 spiro atoms. The zero-order valence-electron chi connectivity index (χ0n) is 18.9. The van der Waals surface area contributed by atoms with Crippen molar-refractivity contribution in [3.05, 3.63) is 60.2 Å². The van der Waals surface area contributed by atoms with E-state index in [-0.39, 0.29) is 24.8 Å². The van der Waals surface area contributed by atoms with E-state index in [9.17, 15) is 18.0 Å². The van der Waals surface area contributed by atoms with Gasteiger partial charge >= 0.3 is 0 Å². The minimum Gasteiger partial charge on any atom is -0.497 e. The van der Waals surface area contributed by atoms with Crippen LogP contribution in [-0.2, 0) is 26.2 Å². The number of carbonyl (C=O) groups excluding carboxylic acids is 2. The Hall–Kier alpha value is -3.07. The number of sulfonamides is 1. The van der Waals surface area contributed by atoms with Crippen molar-refractivity contribution in [3.8, 4) is 5.75 Å².